The van der Waals surface area contributed by atoms with Crippen LogP contribution in [-0.2, 0) is 10.0 Å². The number of rotatable bonds is 11. The first-order valence-electron chi connectivity index (χ1n) is 7.51. The van der Waals surface area contributed by atoms with E-state index < -0.39 is 10.0 Å². The third-order valence-corrected chi connectivity index (χ3v) is 4.24. The average Bonchev–Trinajstić information content (AvgIpc) is 2.46. The maximum Gasteiger partial charge on any atom is 0.232 e. The van der Waals surface area contributed by atoms with Crippen molar-refractivity contribution in [3.05, 3.63) is 24.3 Å². The third kappa shape index (κ3) is 7.92. The highest BCUT2D eigenvalue weighted by atomic mass is 32.2. The van der Waals surface area contributed by atoms with E-state index in [4.69, 9.17) is 4.74 Å². The molecule has 5 nitrogen and oxygen atoms in total. The van der Waals surface area contributed by atoms with E-state index in [2.05, 4.69) is 10.0 Å². The number of benzene rings is 1. The summed E-state index contributed by atoms with van der Waals surface area (Å²) >= 11 is 0. The van der Waals surface area contributed by atoms with Crippen molar-refractivity contribution < 1.29 is 13.2 Å². The summed E-state index contributed by atoms with van der Waals surface area (Å²) in [7, 11) is -3.27. The van der Waals surface area contributed by atoms with Gasteiger partial charge in [0.05, 0.1) is 12.4 Å². The molecule has 0 fully saturated rings. The summed E-state index contributed by atoms with van der Waals surface area (Å²) in [6.45, 7) is 6.51. The van der Waals surface area contributed by atoms with E-state index >= 15 is 0 Å². The Bertz CT molecular complexity index is 486. The van der Waals surface area contributed by atoms with Gasteiger partial charge in [0.25, 0.3) is 0 Å². The minimum Gasteiger partial charge on any atom is -0.494 e. The zero-order chi connectivity index (χ0) is 15.6. The topological polar surface area (TPSA) is 67.4 Å². The molecule has 0 aliphatic carbocycles. The number of sulfonamides is 1. The second kappa shape index (κ2) is 9.63. The summed E-state index contributed by atoms with van der Waals surface area (Å²) < 4.78 is 31.9. The summed E-state index contributed by atoms with van der Waals surface area (Å²) in [6, 6.07) is 7.00. The number of anilines is 1. The van der Waals surface area contributed by atoms with Crippen LogP contribution < -0.4 is 14.8 Å². The maximum absolute atomic E-state index is 11.9. The molecule has 0 radical (unpaired) electrons. The molecule has 1 aromatic rings. The third-order valence-electron chi connectivity index (χ3n) is 2.87. The molecule has 0 saturated heterocycles. The fourth-order valence-corrected chi connectivity index (χ4v) is 2.97. The second-order valence-corrected chi connectivity index (χ2v) is 6.70. The highest BCUT2D eigenvalue weighted by Crippen LogP contribution is 2.17. The van der Waals surface area contributed by atoms with Crippen LogP contribution in [0.3, 0.4) is 0 Å². The lowest BCUT2D eigenvalue weighted by Crippen LogP contribution is -2.19. The molecular formula is C15H26N2O3S. The number of unbranched alkanes of at least 4 members (excludes halogenated alkanes) is 1. The quantitative estimate of drug-likeness (QED) is 0.616. The van der Waals surface area contributed by atoms with Gasteiger partial charge in [-0.2, -0.15) is 0 Å². The van der Waals surface area contributed by atoms with E-state index in [0.717, 1.165) is 31.7 Å². The van der Waals surface area contributed by atoms with Gasteiger partial charge < -0.3 is 10.1 Å². The van der Waals surface area contributed by atoms with Crippen molar-refractivity contribution in [1.29, 1.82) is 0 Å². The molecule has 0 aliphatic rings. The molecule has 0 bridgehead atoms. The van der Waals surface area contributed by atoms with E-state index in [9.17, 15) is 8.42 Å². The second-order valence-electron chi connectivity index (χ2n) is 4.85. The molecule has 21 heavy (non-hydrogen) atoms. The normalized spacial score (nSPS) is 11.3. The zero-order valence-corrected chi connectivity index (χ0v) is 13.7. The Morgan fingerprint density at radius 1 is 1.10 bits per heavy atom. The lowest BCUT2D eigenvalue weighted by Gasteiger charge is -2.09. The van der Waals surface area contributed by atoms with Gasteiger partial charge in [-0.15, -0.1) is 0 Å². The standard InChI is InChI=1S/C15H26N2O3S/c1-3-12-20-15-9-7-14(8-10-15)17-21(18,19)13-6-5-11-16-4-2/h7-10,16-17H,3-6,11-13H2,1-2H3. The Hall–Kier alpha value is -1.27. The molecule has 1 aromatic carbocycles. The van der Waals surface area contributed by atoms with Crippen LogP contribution in [0.4, 0.5) is 5.69 Å². The predicted molar refractivity (Wildman–Crippen MR) is 87.4 cm³/mol. The van der Waals surface area contributed by atoms with Gasteiger partial charge in [-0.1, -0.05) is 13.8 Å². The summed E-state index contributed by atoms with van der Waals surface area (Å²) in [5.74, 6) is 0.900. The molecule has 6 heteroatoms. The Balaban J connectivity index is 2.40. The van der Waals surface area contributed by atoms with Crippen LogP contribution in [0.2, 0.25) is 0 Å². The number of hydrogen-bond donors (Lipinski definition) is 2. The van der Waals surface area contributed by atoms with Crippen molar-refractivity contribution in [2.45, 2.75) is 33.1 Å². The van der Waals surface area contributed by atoms with Crippen LogP contribution in [0.25, 0.3) is 0 Å². The van der Waals surface area contributed by atoms with E-state index in [1.165, 1.54) is 0 Å². The minimum atomic E-state index is -3.27. The first kappa shape index (κ1) is 17.8. The van der Waals surface area contributed by atoms with E-state index in [1.54, 1.807) is 24.3 Å². The molecule has 0 amide bonds. The summed E-state index contributed by atoms with van der Waals surface area (Å²) in [5, 5.41) is 3.18. The van der Waals surface area contributed by atoms with Gasteiger partial charge in [0.1, 0.15) is 5.75 Å². The van der Waals surface area contributed by atoms with Crippen molar-refractivity contribution in [2.75, 3.05) is 30.2 Å². The lowest BCUT2D eigenvalue weighted by atomic mass is 10.3. The Labute approximate surface area is 128 Å². The monoisotopic (exact) mass is 314 g/mol. The predicted octanol–water partition coefficient (Wildman–Crippen LogP) is 2.61. The van der Waals surface area contributed by atoms with Crippen LogP contribution in [0.1, 0.15) is 33.1 Å². The highest BCUT2D eigenvalue weighted by Gasteiger charge is 2.09. The molecule has 0 aliphatic heterocycles. The lowest BCUT2D eigenvalue weighted by molar-refractivity contribution is 0.317. The number of hydrogen-bond acceptors (Lipinski definition) is 4. The van der Waals surface area contributed by atoms with Gasteiger partial charge >= 0.3 is 0 Å². The van der Waals surface area contributed by atoms with Crippen LogP contribution in [-0.4, -0.2) is 33.9 Å². The smallest absolute Gasteiger partial charge is 0.232 e. The molecule has 0 aromatic heterocycles. The molecule has 1 rings (SSSR count). The Morgan fingerprint density at radius 2 is 1.81 bits per heavy atom. The highest BCUT2D eigenvalue weighted by molar-refractivity contribution is 7.92. The van der Waals surface area contributed by atoms with Crippen molar-refractivity contribution in [1.82, 2.24) is 5.32 Å². The maximum atomic E-state index is 11.9. The van der Waals surface area contributed by atoms with E-state index in [-0.39, 0.29) is 5.75 Å². The molecule has 2 N–H and O–H groups in total. The Kier molecular flexibility index (Phi) is 8.15. The summed E-state index contributed by atoms with van der Waals surface area (Å²) in [5.41, 5.74) is 0.575. The Morgan fingerprint density at radius 3 is 2.43 bits per heavy atom. The zero-order valence-electron chi connectivity index (χ0n) is 12.9. The van der Waals surface area contributed by atoms with Crippen LogP contribution in [0.15, 0.2) is 24.3 Å². The molecule has 0 saturated carbocycles. The first-order chi connectivity index (χ1) is 10.1. The molecule has 0 heterocycles. The molecular weight excluding hydrogens is 288 g/mol. The van der Waals surface area contributed by atoms with Gasteiger partial charge in [-0.3, -0.25) is 4.72 Å². The largest absolute Gasteiger partial charge is 0.494 e. The number of nitrogens with one attached hydrogen (secondary N) is 2. The summed E-state index contributed by atoms with van der Waals surface area (Å²) in [4.78, 5) is 0. The average molecular weight is 314 g/mol. The summed E-state index contributed by atoms with van der Waals surface area (Å²) in [6.07, 6.45) is 2.46. The van der Waals surface area contributed by atoms with Gasteiger partial charge in [-0.05, 0) is 56.6 Å². The van der Waals surface area contributed by atoms with E-state index in [0.29, 0.717) is 18.7 Å². The van der Waals surface area contributed by atoms with Crippen molar-refractivity contribution in [2.24, 2.45) is 0 Å². The minimum absolute atomic E-state index is 0.145. The van der Waals surface area contributed by atoms with Crippen LogP contribution in [0.5, 0.6) is 5.75 Å². The fraction of sp³-hybridized carbons (Fsp3) is 0.600. The molecule has 0 atom stereocenters. The van der Waals surface area contributed by atoms with Gasteiger partial charge in [0.2, 0.25) is 10.0 Å². The molecule has 0 unspecified atom stereocenters. The fourth-order valence-electron chi connectivity index (χ4n) is 1.79. The van der Waals surface area contributed by atoms with Gasteiger partial charge in [0, 0.05) is 5.69 Å². The van der Waals surface area contributed by atoms with Gasteiger partial charge in [0.15, 0.2) is 0 Å². The SMILES string of the molecule is CCCOc1ccc(NS(=O)(=O)CCCCNCC)cc1. The number of ether oxygens (including phenoxy) is 1. The molecule has 120 valence electrons. The first-order valence-corrected chi connectivity index (χ1v) is 9.16. The van der Waals surface area contributed by atoms with Crippen molar-refractivity contribution in [3.8, 4) is 5.75 Å². The van der Waals surface area contributed by atoms with Gasteiger partial charge in [-0.25, -0.2) is 8.42 Å². The van der Waals surface area contributed by atoms with Crippen LogP contribution >= 0.6 is 0 Å². The van der Waals surface area contributed by atoms with Crippen LogP contribution in [0, 0.1) is 0 Å². The van der Waals surface area contributed by atoms with Crippen molar-refractivity contribution >= 4 is 15.7 Å². The molecule has 0 spiro atoms. The van der Waals surface area contributed by atoms with Crippen molar-refractivity contribution in [3.63, 3.8) is 0 Å². The van der Waals surface area contributed by atoms with E-state index in [1.807, 2.05) is 13.8 Å².